The van der Waals surface area contributed by atoms with E-state index in [-0.39, 0.29) is 0 Å². The summed E-state index contributed by atoms with van der Waals surface area (Å²) in [5.74, 6) is 2.30. The maximum absolute atomic E-state index is 6.29. The number of halogens is 1. The van der Waals surface area contributed by atoms with E-state index >= 15 is 0 Å². The highest BCUT2D eigenvalue weighted by atomic mass is 35.5. The molecule has 0 aromatic carbocycles. The quantitative estimate of drug-likeness (QED) is 0.893. The summed E-state index contributed by atoms with van der Waals surface area (Å²) in [7, 11) is 2.10. The van der Waals surface area contributed by atoms with Crippen molar-refractivity contribution in [1.29, 1.82) is 0 Å². The monoisotopic (exact) mass is 296 g/mol. The first-order valence-electron chi connectivity index (χ1n) is 7.61. The number of nitrogens with one attached hydrogen (secondary N) is 1. The fourth-order valence-electron chi connectivity index (χ4n) is 2.85. The van der Waals surface area contributed by atoms with E-state index in [0.29, 0.717) is 17.0 Å². The molecule has 1 fully saturated rings. The minimum absolute atomic E-state index is 0.533. The van der Waals surface area contributed by atoms with E-state index in [1.54, 1.807) is 6.20 Å². The Morgan fingerprint density at radius 3 is 2.95 bits per heavy atom. The van der Waals surface area contributed by atoms with Gasteiger partial charge in [-0.2, -0.15) is 4.98 Å². The molecule has 0 saturated heterocycles. The molecule has 20 heavy (non-hydrogen) atoms. The summed E-state index contributed by atoms with van der Waals surface area (Å²) in [6.07, 6.45) is 7.82. The van der Waals surface area contributed by atoms with Gasteiger partial charge in [-0.05, 0) is 25.2 Å². The lowest BCUT2D eigenvalue weighted by Crippen LogP contribution is -2.36. The second-order valence-corrected chi connectivity index (χ2v) is 6.24. The zero-order chi connectivity index (χ0) is 14.5. The largest absolute Gasteiger partial charge is 0.355 e. The zero-order valence-electron chi connectivity index (χ0n) is 12.7. The molecule has 0 radical (unpaired) electrons. The van der Waals surface area contributed by atoms with E-state index in [4.69, 9.17) is 11.6 Å². The Morgan fingerprint density at radius 1 is 1.45 bits per heavy atom. The van der Waals surface area contributed by atoms with Gasteiger partial charge in [-0.3, -0.25) is 0 Å². The van der Waals surface area contributed by atoms with Gasteiger partial charge in [0.2, 0.25) is 5.95 Å². The van der Waals surface area contributed by atoms with Crippen LogP contribution in [0.4, 0.5) is 11.8 Å². The summed E-state index contributed by atoms with van der Waals surface area (Å²) in [5.41, 5.74) is 0. The average molecular weight is 297 g/mol. The van der Waals surface area contributed by atoms with E-state index in [9.17, 15) is 0 Å². The first kappa shape index (κ1) is 15.4. The van der Waals surface area contributed by atoms with Crippen molar-refractivity contribution in [3.8, 4) is 0 Å². The van der Waals surface area contributed by atoms with Gasteiger partial charge in [-0.25, -0.2) is 4.98 Å². The number of rotatable bonds is 5. The van der Waals surface area contributed by atoms with Crippen molar-refractivity contribution in [2.24, 2.45) is 5.92 Å². The van der Waals surface area contributed by atoms with Gasteiger partial charge in [0.05, 0.1) is 6.20 Å². The fraction of sp³-hybridized carbons (Fsp3) is 0.733. The highest BCUT2D eigenvalue weighted by Gasteiger charge is 2.24. The van der Waals surface area contributed by atoms with Crippen molar-refractivity contribution in [3.05, 3.63) is 11.2 Å². The second kappa shape index (κ2) is 7.11. The van der Waals surface area contributed by atoms with Gasteiger partial charge in [-0.1, -0.05) is 38.3 Å². The fourth-order valence-corrected chi connectivity index (χ4v) is 3.08. The summed E-state index contributed by atoms with van der Waals surface area (Å²) in [6.45, 7) is 5.33. The molecule has 0 bridgehead atoms. The van der Waals surface area contributed by atoms with Crippen LogP contribution in [0.5, 0.6) is 0 Å². The summed E-state index contributed by atoms with van der Waals surface area (Å²) in [4.78, 5) is 11.1. The van der Waals surface area contributed by atoms with E-state index in [1.165, 1.54) is 25.7 Å². The minimum atomic E-state index is 0.533. The summed E-state index contributed by atoms with van der Waals surface area (Å²) >= 11 is 6.29. The zero-order valence-corrected chi connectivity index (χ0v) is 13.5. The molecule has 4 nitrogen and oxygen atoms in total. The Bertz CT molecular complexity index is 438. The van der Waals surface area contributed by atoms with Gasteiger partial charge in [0.15, 0.2) is 5.82 Å². The Kier molecular flexibility index (Phi) is 5.46. The van der Waals surface area contributed by atoms with E-state index in [0.717, 1.165) is 24.7 Å². The van der Waals surface area contributed by atoms with Crippen LogP contribution in [0.15, 0.2) is 6.20 Å². The lowest BCUT2D eigenvalue weighted by atomic mass is 9.86. The van der Waals surface area contributed by atoms with Crippen LogP contribution in [0.1, 0.15) is 46.0 Å². The molecule has 1 N–H and O–H groups in total. The third-order valence-electron chi connectivity index (χ3n) is 4.05. The van der Waals surface area contributed by atoms with Gasteiger partial charge in [0.25, 0.3) is 0 Å². The Balaban J connectivity index is 2.13. The molecule has 0 amide bonds. The van der Waals surface area contributed by atoms with Gasteiger partial charge in [0, 0.05) is 19.6 Å². The lowest BCUT2D eigenvalue weighted by Gasteiger charge is -2.35. The molecule has 5 heteroatoms. The van der Waals surface area contributed by atoms with Crippen LogP contribution in [0.3, 0.4) is 0 Å². The molecule has 0 aliphatic heterocycles. The summed E-state index contributed by atoms with van der Waals surface area (Å²) in [5, 5.41) is 3.85. The van der Waals surface area contributed by atoms with Gasteiger partial charge < -0.3 is 10.2 Å². The molecule has 1 aromatic rings. The Labute approximate surface area is 126 Å². The third-order valence-corrected chi connectivity index (χ3v) is 4.32. The number of hydrogen-bond donors (Lipinski definition) is 1. The van der Waals surface area contributed by atoms with Crippen LogP contribution >= 0.6 is 11.6 Å². The number of hydrogen-bond acceptors (Lipinski definition) is 4. The number of anilines is 2. The number of nitrogens with zero attached hydrogens (tertiary/aromatic N) is 3. The van der Waals surface area contributed by atoms with Gasteiger partial charge in [-0.15, -0.1) is 0 Å². The predicted molar refractivity (Wildman–Crippen MR) is 85.6 cm³/mol. The van der Waals surface area contributed by atoms with Crippen molar-refractivity contribution in [3.63, 3.8) is 0 Å². The molecule has 2 atom stereocenters. The molecule has 0 spiro atoms. The standard InChI is InChI=1S/C15H25ClN4/c1-4-8-17-15-18-10-13(16)14(19-15)20(3)12-7-5-6-11(2)9-12/h10-12H,4-9H2,1-3H3,(H,17,18,19). The van der Waals surface area contributed by atoms with Crippen molar-refractivity contribution >= 4 is 23.4 Å². The molecule has 1 aliphatic rings. The van der Waals surface area contributed by atoms with Crippen LogP contribution in [0.2, 0.25) is 5.02 Å². The van der Waals surface area contributed by atoms with E-state index < -0.39 is 0 Å². The summed E-state index contributed by atoms with van der Waals surface area (Å²) < 4.78 is 0. The molecule has 1 saturated carbocycles. The summed E-state index contributed by atoms with van der Waals surface area (Å²) in [6, 6.07) is 0.533. The van der Waals surface area contributed by atoms with Crippen LogP contribution in [0, 0.1) is 5.92 Å². The van der Waals surface area contributed by atoms with Gasteiger partial charge >= 0.3 is 0 Å². The third kappa shape index (κ3) is 3.75. The first-order chi connectivity index (χ1) is 9.61. The second-order valence-electron chi connectivity index (χ2n) is 5.83. The maximum atomic E-state index is 6.29. The number of aromatic nitrogens is 2. The molecule has 1 aliphatic carbocycles. The molecule has 1 heterocycles. The Morgan fingerprint density at radius 2 is 2.25 bits per heavy atom. The van der Waals surface area contributed by atoms with Crippen LogP contribution < -0.4 is 10.2 Å². The van der Waals surface area contributed by atoms with Crippen molar-refractivity contribution < 1.29 is 0 Å². The molecule has 2 unspecified atom stereocenters. The van der Waals surface area contributed by atoms with Crippen molar-refractivity contribution in [1.82, 2.24) is 9.97 Å². The van der Waals surface area contributed by atoms with Crippen molar-refractivity contribution in [2.45, 2.75) is 52.0 Å². The SMILES string of the molecule is CCCNc1ncc(Cl)c(N(C)C2CCCC(C)C2)n1. The molecule has 2 rings (SSSR count). The first-order valence-corrected chi connectivity index (χ1v) is 7.98. The smallest absolute Gasteiger partial charge is 0.224 e. The normalized spacial score (nSPS) is 22.6. The highest BCUT2D eigenvalue weighted by molar-refractivity contribution is 6.32. The topological polar surface area (TPSA) is 41.1 Å². The van der Waals surface area contributed by atoms with Crippen LogP contribution in [-0.4, -0.2) is 29.6 Å². The predicted octanol–water partition coefficient (Wildman–Crippen LogP) is 3.97. The van der Waals surface area contributed by atoms with Gasteiger partial charge in [0.1, 0.15) is 5.02 Å². The molecular formula is C15H25ClN4. The van der Waals surface area contributed by atoms with Crippen LogP contribution in [-0.2, 0) is 0 Å². The van der Waals surface area contributed by atoms with Crippen LogP contribution in [0.25, 0.3) is 0 Å². The average Bonchev–Trinajstić information content (AvgIpc) is 2.45. The van der Waals surface area contributed by atoms with E-state index in [2.05, 4.69) is 41.1 Å². The molecular weight excluding hydrogens is 272 g/mol. The minimum Gasteiger partial charge on any atom is -0.355 e. The van der Waals surface area contributed by atoms with E-state index in [1.807, 2.05) is 0 Å². The lowest BCUT2D eigenvalue weighted by molar-refractivity contribution is 0.335. The highest BCUT2D eigenvalue weighted by Crippen LogP contribution is 2.32. The molecule has 112 valence electrons. The Hall–Kier alpha value is -1.03. The maximum Gasteiger partial charge on any atom is 0.224 e. The van der Waals surface area contributed by atoms with Crippen molar-refractivity contribution in [2.75, 3.05) is 23.8 Å². The molecule has 1 aromatic heterocycles.